The zero-order chi connectivity index (χ0) is 15.5. The fourth-order valence-electron chi connectivity index (χ4n) is 3.10. The molecule has 3 aromatic rings. The highest BCUT2D eigenvalue weighted by atomic mass is 16.4. The van der Waals surface area contributed by atoms with E-state index in [2.05, 4.69) is 21.6 Å². The highest BCUT2D eigenvalue weighted by Crippen LogP contribution is 2.30. The second-order valence-electron chi connectivity index (χ2n) is 5.82. The highest BCUT2D eigenvalue weighted by molar-refractivity contribution is 5.51. The third kappa shape index (κ3) is 3.05. The van der Waals surface area contributed by atoms with Crippen LogP contribution in [-0.4, -0.2) is 16.7 Å². The zero-order valence-electron chi connectivity index (χ0n) is 12.9. The van der Waals surface area contributed by atoms with Gasteiger partial charge in [0.15, 0.2) is 0 Å². The fourth-order valence-corrected chi connectivity index (χ4v) is 3.10. The minimum absolute atomic E-state index is 0.369. The number of benzene rings is 1. The Labute approximate surface area is 134 Å². The van der Waals surface area contributed by atoms with Gasteiger partial charge in [0.1, 0.15) is 5.76 Å². The van der Waals surface area contributed by atoms with Crippen LogP contribution in [-0.2, 0) is 12.8 Å². The van der Waals surface area contributed by atoms with Crippen molar-refractivity contribution < 1.29 is 8.83 Å². The first-order chi connectivity index (χ1) is 11.4. The molecule has 1 atom stereocenters. The minimum atomic E-state index is 0.369. The van der Waals surface area contributed by atoms with Crippen molar-refractivity contribution >= 4 is 0 Å². The molecule has 0 saturated carbocycles. The number of aromatic nitrogens is 2. The topological polar surface area (TPSA) is 64.1 Å². The normalized spacial score (nSPS) is 17.1. The average molecular weight is 309 g/mol. The molecule has 1 aromatic carbocycles. The molecule has 0 amide bonds. The van der Waals surface area contributed by atoms with E-state index in [0.29, 0.717) is 17.8 Å². The molecule has 1 N–H and O–H groups in total. The van der Waals surface area contributed by atoms with E-state index in [9.17, 15) is 0 Å². The predicted octanol–water partition coefficient (Wildman–Crippen LogP) is 3.54. The van der Waals surface area contributed by atoms with Crippen LogP contribution in [0, 0.1) is 0 Å². The van der Waals surface area contributed by atoms with Crippen molar-refractivity contribution in [3.63, 3.8) is 0 Å². The molecular weight excluding hydrogens is 290 g/mol. The van der Waals surface area contributed by atoms with Crippen LogP contribution >= 0.6 is 0 Å². The van der Waals surface area contributed by atoms with Crippen LogP contribution in [0.25, 0.3) is 11.5 Å². The maximum Gasteiger partial charge on any atom is 0.247 e. The standard InChI is InChI=1S/C18H19N3O2/c1-2-5-13(6-3-1)18-21-20-17(23-18)9-11-19-15-7-4-8-16-14(15)10-12-22-16/h1-3,5-6,10,12,15,19H,4,7-9,11H2/t15-/m1/s1. The molecule has 0 fully saturated rings. The number of hydrogen-bond donors (Lipinski definition) is 1. The molecule has 1 aliphatic rings. The van der Waals surface area contributed by atoms with Crippen molar-refractivity contribution in [3.8, 4) is 11.5 Å². The summed E-state index contributed by atoms with van der Waals surface area (Å²) in [7, 11) is 0. The zero-order valence-corrected chi connectivity index (χ0v) is 12.9. The largest absolute Gasteiger partial charge is 0.469 e. The van der Waals surface area contributed by atoms with Crippen LogP contribution in [0.3, 0.4) is 0 Å². The first-order valence-electron chi connectivity index (χ1n) is 8.07. The molecule has 4 rings (SSSR count). The van der Waals surface area contributed by atoms with E-state index in [4.69, 9.17) is 8.83 Å². The molecule has 2 aromatic heterocycles. The number of hydrogen-bond acceptors (Lipinski definition) is 5. The molecule has 1 aliphatic carbocycles. The van der Waals surface area contributed by atoms with Crippen molar-refractivity contribution in [2.45, 2.75) is 31.7 Å². The number of rotatable bonds is 5. The summed E-state index contributed by atoms with van der Waals surface area (Å²) in [5, 5.41) is 11.8. The summed E-state index contributed by atoms with van der Waals surface area (Å²) in [4.78, 5) is 0. The van der Waals surface area contributed by atoms with Gasteiger partial charge in [-0.2, -0.15) is 0 Å². The van der Waals surface area contributed by atoms with Crippen LogP contribution in [0.4, 0.5) is 0 Å². The summed E-state index contributed by atoms with van der Waals surface area (Å²) in [6, 6.07) is 12.3. The second kappa shape index (κ2) is 6.38. The summed E-state index contributed by atoms with van der Waals surface area (Å²) in [6.07, 6.45) is 5.87. The molecule has 0 radical (unpaired) electrons. The first-order valence-corrected chi connectivity index (χ1v) is 8.07. The predicted molar refractivity (Wildman–Crippen MR) is 85.8 cm³/mol. The lowest BCUT2D eigenvalue weighted by Gasteiger charge is -2.22. The maximum absolute atomic E-state index is 5.73. The molecule has 0 bridgehead atoms. The Hall–Kier alpha value is -2.40. The molecule has 0 aliphatic heterocycles. The average Bonchev–Trinajstić information content (AvgIpc) is 3.25. The van der Waals surface area contributed by atoms with E-state index < -0.39 is 0 Å². The van der Waals surface area contributed by atoms with Crippen LogP contribution < -0.4 is 5.32 Å². The van der Waals surface area contributed by atoms with Crippen molar-refractivity contribution in [2.75, 3.05) is 6.54 Å². The SMILES string of the molecule is c1ccc(-c2nnc(CCN[C@@H]3CCCc4occc43)o2)cc1. The monoisotopic (exact) mass is 309 g/mol. The third-order valence-corrected chi connectivity index (χ3v) is 4.27. The van der Waals surface area contributed by atoms with Gasteiger partial charge < -0.3 is 14.2 Å². The Morgan fingerprint density at radius 3 is 2.96 bits per heavy atom. The van der Waals surface area contributed by atoms with Gasteiger partial charge in [0, 0.05) is 36.6 Å². The van der Waals surface area contributed by atoms with E-state index in [1.54, 1.807) is 6.26 Å². The Morgan fingerprint density at radius 2 is 2.04 bits per heavy atom. The van der Waals surface area contributed by atoms with Gasteiger partial charge in [-0.25, -0.2) is 0 Å². The van der Waals surface area contributed by atoms with Gasteiger partial charge in [-0.15, -0.1) is 10.2 Å². The van der Waals surface area contributed by atoms with Crippen LogP contribution in [0.1, 0.15) is 36.1 Å². The van der Waals surface area contributed by atoms with E-state index >= 15 is 0 Å². The van der Waals surface area contributed by atoms with E-state index in [1.165, 1.54) is 5.56 Å². The Bertz CT molecular complexity index is 763. The summed E-state index contributed by atoms with van der Waals surface area (Å²) < 4.78 is 11.3. The fraction of sp³-hybridized carbons (Fsp3) is 0.333. The van der Waals surface area contributed by atoms with Crippen molar-refractivity contribution in [1.82, 2.24) is 15.5 Å². The molecule has 2 heterocycles. The van der Waals surface area contributed by atoms with E-state index in [1.807, 2.05) is 30.3 Å². The Balaban J connectivity index is 1.35. The van der Waals surface area contributed by atoms with Crippen molar-refractivity contribution in [2.24, 2.45) is 0 Å². The van der Waals surface area contributed by atoms with Crippen LogP contribution in [0.15, 0.2) is 51.5 Å². The maximum atomic E-state index is 5.73. The molecule has 5 heteroatoms. The van der Waals surface area contributed by atoms with Crippen molar-refractivity contribution in [1.29, 1.82) is 0 Å². The van der Waals surface area contributed by atoms with E-state index in [0.717, 1.165) is 43.6 Å². The third-order valence-electron chi connectivity index (χ3n) is 4.27. The van der Waals surface area contributed by atoms with Gasteiger partial charge in [-0.1, -0.05) is 18.2 Å². The molecule has 0 spiro atoms. The van der Waals surface area contributed by atoms with Crippen molar-refractivity contribution in [3.05, 3.63) is 59.9 Å². The number of fused-ring (bicyclic) bond motifs is 1. The lowest BCUT2D eigenvalue weighted by atomic mass is 9.93. The molecular formula is C18H19N3O2. The smallest absolute Gasteiger partial charge is 0.247 e. The molecule has 5 nitrogen and oxygen atoms in total. The molecule has 0 unspecified atom stereocenters. The van der Waals surface area contributed by atoms with Gasteiger partial charge in [0.2, 0.25) is 11.8 Å². The lowest BCUT2D eigenvalue weighted by molar-refractivity contribution is 0.405. The quantitative estimate of drug-likeness (QED) is 0.781. The minimum Gasteiger partial charge on any atom is -0.469 e. The van der Waals surface area contributed by atoms with Gasteiger partial charge >= 0.3 is 0 Å². The Kier molecular flexibility index (Phi) is 3.94. The van der Waals surface area contributed by atoms with Crippen LogP contribution in [0.5, 0.6) is 0 Å². The molecule has 0 saturated heterocycles. The lowest BCUT2D eigenvalue weighted by Crippen LogP contribution is -2.26. The first kappa shape index (κ1) is 14.2. The van der Waals surface area contributed by atoms with Gasteiger partial charge in [0.05, 0.1) is 6.26 Å². The van der Waals surface area contributed by atoms with Gasteiger partial charge in [-0.3, -0.25) is 0 Å². The molecule has 118 valence electrons. The summed E-state index contributed by atoms with van der Waals surface area (Å²) >= 11 is 0. The van der Waals surface area contributed by atoms with Gasteiger partial charge in [-0.05, 0) is 31.0 Å². The summed E-state index contributed by atoms with van der Waals surface area (Å²) in [5.74, 6) is 2.37. The summed E-state index contributed by atoms with van der Waals surface area (Å²) in [5.41, 5.74) is 2.25. The molecule has 23 heavy (non-hydrogen) atoms. The number of nitrogens with zero attached hydrogens (tertiary/aromatic N) is 2. The van der Waals surface area contributed by atoms with Gasteiger partial charge in [0.25, 0.3) is 0 Å². The van der Waals surface area contributed by atoms with Crippen LogP contribution in [0.2, 0.25) is 0 Å². The Morgan fingerprint density at radius 1 is 1.13 bits per heavy atom. The summed E-state index contributed by atoms with van der Waals surface area (Å²) in [6.45, 7) is 0.811. The number of nitrogens with one attached hydrogen (secondary N) is 1. The second-order valence-corrected chi connectivity index (χ2v) is 5.82. The van der Waals surface area contributed by atoms with E-state index in [-0.39, 0.29) is 0 Å². The highest BCUT2D eigenvalue weighted by Gasteiger charge is 2.22. The number of aryl methyl sites for hydroxylation is 1. The number of furan rings is 1.